The van der Waals surface area contributed by atoms with Gasteiger partial charge in [0, 0.05) is 0 Å². The summed E-state index contributed by atoms with van der Waals surface area (Å²) < 4.78 is 22.8. The lowest BCUT2D eigenvalue weighted by molar-refractivity contribution is -0.123. The number of rotatable bonds is 3. The van der Waals surface area contributed by atoms with Crippen molar-refractivity contribution in [2.24, 2.45) is 5.92 Å². The SMILES string of the molecule is CC1CCN(CC(=O)N[C@H]2CS(=O)(=O)C[C@@H]2Cl)CC1. The Hall–Kier alpha value is -0.330. The van der Waals surface area contributed by atoms with Crippen LogP contribution in [0.1, 0.15) is 19.8 Å². The van der Waals surface area contributed by atoms with Crippen molar-refractivity contribution in [2.75, 3.05) is 31.1 Å². The van der Waals surface area contributed by atoms with Gasteiger partial charge in [0.1, 0.15) is 0 Å². The van der Waals surface area contributed by atoms with Gasteiger partial charge in [-0.2, -0.15) is 0 Å². The van der Waals surface area contributed by atoms with Gasteiger partial charge in [0.05, 0.1) is 29.5 Å². The average molecular weight is 309 g/mol. The van der Waals surface area contributed by atoms with E-state index in [4.69, 9.17) is 11.6 Å². The van der Waals surface area contributed by atoms with E-state index in [9.17, 15) is 13.2 Å². The van der Waals surface area contributed by atoms with Gasteiger partial charge in [0.2, 0.25) is 5.91 Å². The smallest absolute Gasteiger partial charge is 0.234 e. The predicted molar refractivity (Wildman–Crippen MR) is 75.1 cm³/mol. The highest BCUT2D eigenvalue weighted by molar-refractivity contribution is 7.91. The van der Waals surface area contributed by atoms with Crippen molar-refractivity contribution in [3.63, 3.8) is 0 Å². The van der Waals surface area contributed by atoms with Crippen LogP contribution in [0.4, 0.5) is 0 Å². The molecule has 5 nitrogen and oxygen atoms in total. The van der Waals surface area contributed by atoms with Crippen molar-refractivity contribution in [3.05, 3.63) is 0 Å². The summed E-state index contributed by atoms with van der Waals surface area (Å²) in [4.78, 5) is 14.0. The first-order valence-electron chi connectivity index (χ1n) is 6.72. The van der Waals surface area contributed by atoms with E-state index >= 15 is 0 Å². The zero-order chi connectivity index (χ0) is 14.0. The molecule has 7 heteroatoms. The summed E-state index contributed by atoms with van der Waals surface area (Å²) in [5.74, 6) is 0.527. The molecule has 0 aliphatic carbocycles. The van der Waals surface area contributed by atoms with Crippen molar-refractivity contribution < 1.29 is 13.2 Å². The summed E-state index contributed by atoms with van der Waals surface area (Å²) in [5.41, 5.74) is 0. The molecular formula is C12H21ClN2O3S. The molecule has 0 bridgehead atoms. The van der Waals surface area contributed by atoms with Crippen LogP contribution < -0.4 is 5.32 Å². The molecule has 110 valence electrons. The average Bonchev–Trinajstić information content (AvgIpc) is 2.55. The third kappa shape index (κ3) is 4.33. The van der Waals surface area contributed by atoms with E-state index in [0.717, 1.165) is 31.8 Å². The maximum atomic E-state index is 11.9. The number of alkyl halides is 1. The van der Waals surface area contributed by atoms with Gasteiger partial charge in [-0.3, -0.25) is 9.69 Å². The number of hydrogen-bond donors (Lipinski definition) is 1. The van der Waals surface area contributed by atoms with E-state index in [0.29, 0.717) is 6.54 Å². The van der Waals surface area contributed by atoms with Crippen LogP contribution >= 0.6 is 11.6 Å². The van der Waals surface area contributed by atoms with Gasteiger partial charge >= 0.3 is 0 Å². The maximum Gasteiger partial charge on any atom is 0.234 e. The molecule has 0 aromatic carbocycles. The number of halogens is 1. The minimum Gasteiger partial charge on any atom is -0.350 e. The number of amides is 1. The molecule has 19 heavy (non-hydrogen) atoms. The predicted octanol–water partition coefficient (Wildman–Crippen LogP) is 0.239. The second-order valence-electron chi connectivity index (χ2n) is 5.73. The molecule has 0 aromatic rings. The molecular weight excluding hydrogens is 288 g/mol. The molecule has 2 saturated heterocycles. The Kier molecular flexibility index (Phi) is 4.74. The highest BCUT2D eigenvalue weighted by Gasteiger charge is 2.37. The standard InChI is InChI=1S/C12H21ClN2O3S/c1-9-2-4-15(5-3-9)6-12(16)14-11-8-19(17,18)7-10(11)13/h9-11H,2-8H2,1H3,(H,14,16)/t10-,11-/m0/s1. The zero-order valence-electron chi connectivity index (χ0n) is 11.1. The second kappa shape index (κ2) is 5.97. The fourth-order valence-electron chi connectivity index (χ4n) is 2.61. The van der Waals surface area contributed by atoms with Crippen LogP contribution in [0.15, 0.2) is 0 Å². The largest absolute Gasteiger partial charge is 0.350 e. The van der Waals surface area contributed by atoms with Crippen LogP contribution in [0.3, 0.4) is 0 Å². The number of nitrogens with zero attached hydrogens (tertiary/aromatic N) is 1. The topological polar surface area (TPSA) is 66.5 Å². The quantitative estimate of drug-likeness (QED) is 0.759. The fraction of sp³-hybridized carbons (Fsp3) is 0.917. The van der Waals surface area contributed by atoms with Crippen LogP contribution in [-0.4, -0.2) is 61.8 Å². The lowest BCUT2D eigenvalue weighted by atomic mass is 9.99. The normalized spacial score (nSPS) is 32.3. The molecule has 0 unspecified atom stereocenters. The second-order valence-corrected chi connectivity index (χ2v) is 8.44. The molecule has 2 atom stereocenters. The number of sulfone groups is 1. The first-order chi connectivity index (χ1) is 8.85. The summed E-state index contributed by atoms with van der Waals surface area (Å²) in [5, 5.41) is 2.25. The van der Waals surface area contributed by atoms with E-state index in [1.165, 1.54) is 0 Å². The van der Waals surface area contributed by atoms with E-state index in [-0.39, 0.29) is 17.4 Å². The summed E-state index contributed by atoms with van der Waals surface area (Å²) in [7, 11) is -3.09. The van der Waals surface area contributed by atoms with Crippen LogP contribution in [0, 0.1) is 5.92 Å². The lowest BCUT2D eigenvalue weighted by Gasteiger charge is -2.30. The van der Waals surface area contributed by atoms with E-state index in [1.807, 2.05) is 0 Å². The van der Waals surface area contributed by atoms with E-state index < -0.39 is 21.3 Å². The summed E-state index contributed by atoms with van der Waals surface area (Å²) >= 11 is 5.96. The van der Waals surface area contributed by atoms with Gasteiger partial charge in [0.25, 0.3) is 0 Å². The number of carbonyl (C=O) groups is 1. The molecule has 1 amide bonds. The van der Waals surface area contributed by atoms with Gasteiger partial charge in [-0.15, -0.1) is 11.6 Å². The minimum absolute atomic E-state index is 0.0378. The molecule has 2 aliphatic heterocycles. The molecule has 1 N–H and O–H groups in total. The lowest BCUT2D eigenvalue weighted by Crippen LogP contribution is -2.47. The Morgan fingerprint density at radius 2 is 1.95 bits per heavy atom. The monoisotopic (exact) mass is 308 g/mol. The van der Waals surface area contributed by atoms with E-state index in [2.05, 4.69) is 17.1 Å². The molecule has 0 radical (unpaired) electrons. The Balaban J connectivity index is 1.79. The van der Waals surface area contributed by atoms with Crippen molar-refractivity contribution in [1.82, 2.24) is 10.2 Å². The van der Waals surface area contributed by atoms with Crippen molar-refractivity contribution >= 4 is 27.3 Å². The summed E-state index contributed by atoms with van der Waals surface area (Å²) in [6.07, 6.45) is 2.23. The summed E-state index contributed by atoms with van der Waals surface area (Å²) in [6.45, 7) is 4.43. The van der Waals surface area contributed by atoms with Crippen molar-refractivity contribution in [3.8, 4) is 0 Å². The Bertz CT molecular complexity index is 432. The van der Waals surface area contributed by atoms with Gasteiger partial charge in [0.15, 0.2) is 9.84 Å². The van der Waals surface area contributed by atoms with Gasteiger partial charge < -0.3 is 5.32 Å². The highest BCUT2D eigenvalue weighted by atomic mass is 35.5. The molecule has 2 rings (SSSR count). The highest BCUT2D eigenvalue weighted by Crippen LogP contribution is 2.18. The molecule has 2 heterocycles. The minimum atomic E-state index is -3.09. The molecule has 0 saturated carbocycles. The van der Waals surface area contributed by atoms with Gasteiger partial charge in [-0.05, 0) is 31.8 Å². The maximum absolute atomic E-state index is 11.9. The number of hydrogen-bond acceptors (Lipinski definition) is 4. The zero-order valence-corrected chi connectivity index (χ0v) is 12.7. The summed E-state index contributed by atoms with van der Waals surface area (Å²) in [6, 6.07) is -0.442. The Morgan fingerprint density at radius 3 is 2.47 bits per heavy atom. The number of nitrogens with one attached hydrogen (secondary N) is 1. The van der Waals surface area contributed by atoms with Gasteiger partial charge in [-0.25, -0.2) is 8.42 Å². The van der Waals surface area contributed by atoms with E-state index in [1.54, 1.807) is 0 Å². The van der Waals surface area contributed by atoms with Crippen molar-refractivity contribution in [1.29, 1.82) is 0 Å². The molecule has 0 aromatic heterocycles. The van der Waals surface area contributed by atoms with Crippen LogP contribution in [0.2, 0.25) is 0 Å². The van der Waals surface area contributed by atoms with Crippen LogP contribution in [0.25, 0.3) is 0 Å². The Labute approximate surface area is 119 Å². The molecule has 2 fully saturated rings. The van der Waals surface area contributed by atoms with Crippen LogP contribution in [-0.2, 0) is 14.6 Å². The molecule has 2 aliphatic rings. The molecule has 0 spiro atoms. The van der Waals surface area contributed by atoms with Crippen molar-refractivity contribution in [2.45, 2.75) is 31.2 Å². The number of piperidine rings is 1. The Morgan fingerprint density at radius 1 is 1.32 bits per heavy atom. The fourth-order valence-corrected chi connectivity index (χ4v) is 5.16. The number of carbonyl (C=O) groups excluding carboxylic acids is 1. The third-order valence-corrected chi connectivity index (χ3v) is 6.25. The van der Waals surface area contributed by atoms with Gasteiger partial charge in [-0.1, -0.05) is 6.92 Å². The number of likely N-dealkylation sites (tertiary alicyclic amines) is 1. The first-order valence-corrected chi connectivity index (χ1v) is 8.98. The first kappa shape index (κ1) is 15.1. The van der Waals surface area contributed by atoms with Crippen LogP contribution in [0.5, 0.6) is 0 Å². The third-order valence-electron chi connectivity index (χ3n) is 3.87.